The van der Waals surface area contributed by atoms with Crippen LogP contribution in [0.25, 0.3) is 27.7 Å². The largest absolute Gasteiger partial charge is 0.496 e. The molecule has 2 aromatic heterocycles. The second-order valence-electron chi connectivity index (χ2n) is 8.18. The van der Waals surface area contributed by atoms with E-state index in [0.29, 0.717) is 17.9 Å². The molecule has 0 atom stereocenters. The molecule has 0 amide bonds. The van der Waals surface area contributed by atoms with Crippen LogP contribution in [0.4, 0.5) is 4.39 Å². The number of halogens is 1. The number of rotatable bonds is 5. The zero-order chi connectivity index (χ0) is 20.6. The highest BCUT2D eigenvalue weighted by atomic mass is 19.1. The van der Waals surface area contributed by atoms with E-state index in [1.54, 1.807) is 19.4 Å². The summed E-state index contributed by atoms with van der Waals surface area (Å²) in [4.78, 5) is 10.1. The summed E-state index contributed by atoms with van der Waals surface area (Å²) in [5, 5.41) is 11.0. The van der Waals surface area contributed by atoms with Crippen LogP contribution in [0.5, 0.6) is 5.75 Å². The van der Waals surface area contributed by atoms with Crippen LogP contribution in [0.15, 0.2) is 42.6 Å². The molecule has 1 aromatic carbocycles. The molecule has 0 aliphatic carbocycles. The standard InChI is InChI=1S/C23H26FN3O2/c1-23(2,28)14-27-10-7-15(8-11-27)20-13-19-17(6-9-25-22(19)26-20)18-12-16(24)4-5-21(18)29-3/h4-7,9,12-13,28H,8,10-11,14H2,1-3H3,(H,25,26). The van der Waals surface area contributed by atoms with E-state index in [9.17, 15) is 9.50 Å². The third kappa shape index (κ3) is 4.18. The quantitative estimate of drug-likeness (QED) is 0.678. The fraction of sp³-hybridized carbons (Fsp3) is 0.348. The number of β-amino-alcohol motifs (C(OH)–C–C–N with tert-alkyl or cyclic N) is 1. The summed E-state index contributed by atoms with van der Waals surface area (Å²) < 4.78 is 19.4. The molecule has 152 valence electrons. The lowest BCUT2D eigenvalue weighted by atomic mass is 10.0. The molecule has 0 radical (unpaired) electrons. The molecule has 0 spiro atoms. The van der Waals surface area contributed by atoms with Gasteiger partial charge in [-0.05, 0) is 61.7 Å². The zero-order valence-corrected chi connectivity index (χ0v) is 17.0. The van der Waals surface area contributed by atoms with Gasteiger partial charge in [0.25, 0.3) is 0 Å². The minimum Gasteiger partial charge on any atom is -0.496 e. The molecular formula is C23H26FN3O2. The predicted octanol–water partition coefficient (Wildman–Crippen LogP) is 4.24. The minimum atomic E-state index is -0.699. The number of hydrogen-bond acceptors (Lipinski definition) is 4. The first-order chi connectivity index (χ1) is 13.8. The monoisotopic (exact) mass is 395 g/mol. The maximum Gasteiger partial charge on any atom is 0.138 e. The van der Waals surface area contributed by atoms with Gasteiger partial charge >= 0.3 is 0 Å². The van der Waals surface area contributed by atoms with Crippen molar-refractivity contribution in [2.24, 2.45) is 0 Å². The van der Waals surface area contributed by atoms with Crippen LogP contribution in [0.3, 0.4) is 0 Å². The Morgan fingerprint density at radius 2 is 2.07 bits per heavy atom. The molecule has 29 heavy (non-hydrogen) atoms. The Balaban J connectivity index is 1.68. The number of aliphatic hydroxyl groups is 1. The van der Waals surface area contributed by atoms with E-state index in [4.69, 9.17) is 4.74 Å². The fourth-order valence-corrected chi connectivity index (χ4v) is 3.97. The summed E-state index contributed by atoms with van der Waals surface area (Å²) in [6.07, 6.45) is 4.81. The Morgan fingerprint density at radius 3 is 2.76 bits per heavy atom. The van der Waals surface area contributed by atoms with Crippen molar-refractivity contribution >= 4 is 16.6 Å². The highest BCUT2D eigenvalue weighted by Gasteiger charge is 2.21. The number of hydrogen-bond donors (Lipinski definition) is 2. The molecule has 6 heteroatoms. The Hall–Kier alpha value is -2.70. The fourth-order valence-electron chi connectivity index (χ4n) is 3.97. The Labute approximate surface area is 169 Å². The van der Waals surface area contributed by atoms with Crippen LogP contribution in [0, 0.1) is 5.82 Å². The van der Waals surface area contributed by atoms with Crippen molar-refractivity contribution in [3.8, 4) is 16.9 Å². The van der Waals surface area contributed by atoms with E-state index in [1.165, 1.54) is 17.7 Å². The van der Waals surface area contributed by atoms with Gasteiger partial charge in [-0.15, -0.1) is 0 Å². The predicted molar refractivity (Wildman–Crippen MR) is 113 cm³/mol. The zero-order valence-electron chi connectivity index (χ0n) is 17.0. The lowest BCUT2D eigenvalue weighted by Gasteiger charge is -2.31. The lowest BCUT2D eigenvalue weighted by Crippen LogP contribution is -2.40. The summed E-state index contributed by atoms with van der Waals surface area (Å²) in [6.45, 7) is 6.00. The average molecular weight is 395 g/mol. The molecule has 0 fully saturated rings. The van der Waals surface area contributed by atoms with Crippen molar-refractivity contribution in [2.75, 3.05) is 26.7 Å². The van der Waals surface area contributed by atoms with Crippen LogP contribution in [0.2, 0.25) is 0 Å². The van der Waals surface area contributed by atoms with Gasteiger partial charge in [0.15, 0.2) is 0 Å². The van der Waals surface area contributed by atoms with Gasteiger partial charge in [-0.3, -0.25) is 4.90 Å². The molecule has 4 rings (SSSR count). The number of pyridine rings is 1. The van der Waals surface area contributed by atoms with Gasteiger partial charge < -0.3 is 14.8 Å². The number of ether oxygens (including phenoxy) is 1. The summed E-state index contributed by atoms with van der Waals surface area (Å²) in [7, 11) is 1.59. The molecule has 1 aliphatic rings. The Kier molecular flexibility index (Phi) is 5.15. The Morgan fingerprint density at radius 1 is 1.24 bits per heavy atom. The smallest absolute Gasteiger partial charge is 0.138 e. The van der Waals surface area contributed by atoms with E-state index in [-0.39, 0.29) is 5.82 Å². The van der Waals surface area contributed by atoms with Crippen LogP contribution in [-0.4, -0.2) is 52.3 Å². The van der Waals surface area contributed by atoms with Crippen LogP contribution < -0.4 is 4.74 Å². The molecule has 0 saturated heterocycles. The maximum absolute atomic E-state index is 13.9. The second kappa shape index (κ2) is 7.61. The van der Waals surface area contributed by atoms with Gasteiger partial charge in [-0.2, -0.15) is 0 Å². The summed E-state index contributed by atoms with van der Waals surface area (Å²) in [5.74, 6) is 0.323. The first-order valence-electron chi connectivity index (χ1n) is 9.80. The molecule has 3 aromatic rings. The van der Waals surface area contributed by atoms with Gasteiger partial charge in [0.05, 0.1) is 12.7 Å². The minimum absolute atomic E-state index is 0.302. The van der Waals surface area contributed by atoms with Crippen LogP contribution in [0.1, 0.15) is 26.0 Å². The third-order valence-corrected chi connectivity index (χ3v) is 5.23. The van der Waals surface area contributed by atoms with Crippen molar-refractivity contribution in [1.29, 1.82) is 0 Å². The molecule has 0 unspecified atom stereocenters. The summed E-state index contributed by atoms with van der Waals surface area (Å²) >= 11 is 0. The van der Waals surface area contributed by atoms with Gasteiger partial charge in [0, 0.05) is 42.5 Å². The van der Waals surface area contributed by atoms with E-state index < -0.39 is 5.60 Å². The summed E-state index contributed by atoms with van der Waals surface area (Å²) in [5.41, 5.74) is 3.91. The first-order valence-corrected chi connectivity index (χ1v) is 9.80. The van der Waals surface area contributed by atoms with Crippen LogP contribution >= 0.6 is 0 Å². The topological polar surface area (TPSA) is 61.4 Å². The first kappa shape index (κ1) is 19.6. The molecular weight excluding hydrogens is 369 g/mol. The molecule has 5 nitrogen and oxygen atoms in total. The van der Waals surface area contributed by atoms with Crippen molar-refractivity contribution in [1.82, 2.24) is 14.9 Å². The maximum atomic E-state index is 13.9. The van der Waals surface area contributed by atoms with Gasteiger partial charge in [0.1, 0.15) is 17.2 Å². The molecule has 2 N–H and O–H groups in total. The normalized spacial score (nSPS) is 15.6. The average Bonchev–Trinajstić information content (AvgIpc) is 3.11. The van der Waals surface area contributed by atoms with E-state index in [1.807, 2.05) is 19.9 Å². The highest BCUT2D eigenvalue weighted by Crippen LogP contribution is 2.36. The number of fused-ring (bicyclic) bond motifs is 1. The molecule has 0 saturated carbocycles. The molecule has 3 heterocycles. The van der Waals surface area contributed by atoms with Crippen molar-refractivity contribution in [3.05, 3.63) is 54.1 Å². The highest BCUT2D eigenvalue weighted by molar-refractivity contribution is 5.96. The van der Waals surface area contributed by atoms with Crippen molar-refractivity contribution < 1.29 is 14.2 Å². The second-order valence-corrected chi connectivity index (χ2v) is 8.18. The number of aromatic amines is 1. The SMILES string of the molecule is COc1ccc(F)cc1-c1ccnc2[nH]c(C3=CCN(CC(C)(C)O)CC3)cc12. The van der Waals surface area contributed by atoms with Crippen LogP contribution in [-0.2, 0) is 0 Å². The van der Waals surface area contributed by atoms with E-state index in [2.05, 4.69) is 27.0 Å². The number of nitrogens with zero attached hydrogens (tertiary/aromatic N) is 2. The van der Waals surface area contributed by atoms with Crippen molar-refractivity contribution in [3.63, 3.8) is 0 Å². The molecule has 0 bridgehead atoms. The lowest BCUT2D eigenvalue weighted by molar-refractivity contribution is 0.0397. The van der Waals surface area contributed by atoms with Gasteiger partial charge in [-0.25, -0.2) is 9.37 Å². The van der Waals surface area contributed by atoms with Gasteiger partial charge in [-0.1, -0.05) is 6.08 Å². The van der Waals surface area contributed by atoms with E-state index in [0.717, 1.165) is 41.8 Å². The Bertz CT molecular complexity index is 1070. The summed E-state index contributed by atoms with van der Waals surface area (Å²) in [6, 6.07) is 8.51. The number of nitrogens with one attached hydrogen (secondary N) is 1. The number of benzene rings is 1. The van der Waals surface area contributed by atoms with Gasteiger partial charge in [0.2, 0.25) is 0 Å². The number of methoxy groups -OCH3 is 1. The van der Waals surface area contributed by atoms with Crippen molar-refractivity contribution in [2.45, 2.75) is 25.9 Å². The number of H-pyrrole nitrogens is 1. The van der Waals surface area contributed by atoms with E-state index >= 15 is 0 Å². The third-order valence-electron chi connectivity index (χ3n) is 5.23. The molecule has 1 aliphatic heterocycles. The number of aromatic nitrogens is 2.